The fourth-order valence-electron chi connectivity index (χ4n) is 2.88. The first-order valence-corrected chi connectivity index (χ1v) is 8.62. The molecule has 0 bridgehead atoms. The van der Waals surface area contributed by atoms with Gasteiger partial charge in [-0.1, -0.05) is 0 Å². The number of nitrogens with zero attached hydrogens (tertiary/aromatic N) is 4. The molecule has 2 atom stereocenters. The molecule has 0 aromatic carbocycles. The van der Waals surface area contributed by atoms with E-state index in [0.29, 0.717) is 0 Å². The van der Waals surface area contributed by atoms with E-state index in [2.05, 4.69) is 5.10 Å². The highest BCUT2D eigenvalue weighted by atomic mass is 32.2. The van der Waals surface area contributed by atoms with Crippen LogP contribution in [-0.2, 0) is 23.6 Å². The van der Waals surface area contributed by atoms with Gasteiger partial charge in [-0.3, -0.25) is 9.58 Å². The van der Waals surface area contributed by atoms with Crippen LogP contribution in [-0.4, -0.2) is 66.0 Å². The van der Waals surface area contributed by atoms with Crippen molar-refractivity contribution in [1.82, 2.24) is 19.0 Å². The molecule has 10 heteroatoms. The van der Waals surface area contributed by atoms with Crippen LogP contribution in [0.25, 0.3) is 0 Å². The molecule has 2 heterocycles. The molecule has 23 heavy (non-hydrogen) atoms. The van der Waals surface area contributed by atoms with Gasteiger partial charge in [0.2, 0.25) is 10.0 Å². The van der Waals surface area contributed by atoms with Crippen LogP contribution in [0.3, 0.4) is 0 Å². The van der Waals surface area contributed by atoms with Gasteiger partial charge in [-0.05, 0) is 12.5 Å². The number of sulfonamides is 1. The van der Waals surface area contributed by atoms with Crippen molar-refractivity contribution in [1.29, 1.82) is 0 Å². The van der Waals surface area contributed by atoms with Crippen LogP contribution in [0, 0.1) is 12.8 Å². The summed E-state index contributed by atoms with van der Waals surface area (Å²) in [4.78, 5) is 1.54. The van der Waals surface area contributed by atoms with Crippen molar-refractivity contribution < 1.29 is 21.6 Å². The van der Waals surface area contributed by atoms with Gasteiger partial charge in [0.05, 0.1) is 17.8 Å². The topological polar surface area (TPSA) is 58.4 Å². The van der Waals surface area contributed by atoms with E-state index in [0.717, 1.165) is 15.6 Å². The zero-order valence-corrected chi connectivity index (χ0v) is 14.3. The Labute approximate surface area is 133 Å². The van der Waals surface area contributed by atoms with Gasteiger partial charge in [-0.25, -0.2) is 12.7 Å². The molecule has 1 aliphatic heterocycles. The van der Waals surface area contributed by atoms with Crippen LogP contribution in [0.4, 0.5) is 13.2 Å². The molecule has 1 fully saturated rings. The highest BCUT2D eigenvalue weighted by Crippen LogP contribution is 2.38. The van der Waals surface area contributed by atoms with E-state index >= 15 is 0 Å². The number of alkyl halides is 3. The van der Waals surface area contributed by atoms with Gasteiger partial charge < -0.3 is 0 Å². The van der Waals surface area contributed by atoms with Crippen molar-refractivity contribution >= 4 is 10.0 Å². The molecule has 0 aliphatic carbocycles. The zero-order chi connectivity index (χ0) is 17.6. The summed E-state index contributed by atoms with van der Waals surface area (Å²) in [6.07, 6.45) is -2.91. The molecule has 1 aliphatic rings. The summed E-state index contributed by atoms with van der Waals surface area (Å²) < 4.78 is 66.8. The van der Waals surface area contributed by atoms with E-state index in [9.17, 15) is 21.6 Å². The van der Waals surface area contributed by atoms with Crippen molar-refractivity contribution in [3.05, 3.63) is 17.5 Å². The lowest BCUT2D eigenvalue weighted by Gasteiger charge is -2.24. The number of halogens is 3. The first kappa shape index (κ1) is 18.2. The molecule has 2 rings (SSSR count). The molecule has 0 saturated carbocycles. The fourth-order valence-corrected chi connectivity index (χ4v) is 4.48. The first-order valence-electron chi connectivity index (χ1n) is 7.12. The predicted octanol–water partition coefficient (Wildman–Crippen LogP) is 0.983. The lowest BCUT2D eigenvalue weighted by Crippen LogP contribution is -2.43. The minimum atomic E-state index is -4.55. The summed E-state index contributed by atoms with van der Waals surface area (Å²) in [6, 6.07) is 0. The number of rotatable bonds is 4. The van der Waals surface area contributed by atoms with E-state index in [1.807, 2.05) is 6.92 Å². The average Bonchev–Trinajstić information content (AvgIpc) is 2.97. The molecule has 1 aromatic rings. The normalized spacial score (nSPS) is 23.8. The zero-order valence-electron chi connectivity index (χ0n) is 13.5. The largest absolute Gasteiger partial charge is 0.394 e. The maximum Gasteiger partial charge on any atom is 0.394 e. The third-order valence-corrected chi connectivity index (χ3v) is 6.56. The minimum Gasteiger partial charge on any atom is -0.295 e. The Balaban J connectivity index is 2.27. The summed E-state index contributed by atoms with van der Waals surface area (Å²) in [6.45, 7) is 1.60. The van der Waals surface area contributed by atoms with Gasteiger partial charge in [-0.15, -0.1) is 0 Å². The SMILES string of the molecule is Cc1cnn(C)c1CN1C[C@@H](C(F)(F)F)[C@H](S(=O)(=O)N(C)C)C1. The highest BCUT2D eigenvalue weighted by molar-refractivity contribution is 7.89. The van der Waals surface area contributed by atoms with Crippen molar-refractivity contribution in [3.63, 3.8) is 0 Å². The lowest BCUT2D eigenvalue weighted by molar-refractivity contribution is -0.169. The van der Waals surface area contributed by atoms with Crippen LogP contribution >= 0.6 is 0 Å². The molecule has 0 spiro atoms. The fraction of sp³-hybridized carbons (Fsp3) is 0.769. The summed E-state index contributed by atoms with van der Waals surface area (Å²) in [5.41, 5.74) is 1.66. The Hall–Kier alpha value is -1.13. The van der Waals surface area contributed by atoms with E-state index < -0.39 is 27.4 Å². The summed E-state index contributed by atoms with van der Waals surface area (Å²) >= 11 is 0. The average molecular weight is 354 g/mol. The molecule has 0 N–H and O–H groups in total. The van der Waals surface area contributed by atoms with Gasteiger partial charge in [0.25, 0.3) is 0 Å². The maximum atomic E-state index is 13.3. The molecule has 0 unspecified atom stereocenters. The van der Waals surface area contributed by atoms with Crippen LogP contribution in [0.5, 0.6) is 0 Å². The monoisotopic (exact) mass is 354 g/mol. The highest BCUT2D eigenvalue weighted by Gasteiger charge is 2.55. The van der Waals surface area contributed by atoms with Crippen LogP contribution in [0.1, 0.15) is 11.3 Å². The first-order chi connectivity index (χ1) is 10.4. The van der Waals surface area contributed by atoms with Crippen molar-refractivity contribution in [2.75, 3.05) is 27.2 Å². The van der Waals surface area contributed by atoms with E-state index in [4.69, 9.17) is 0 Å². The van der Waals surface area contributed by atoms with E-state index in [-0.39, 0.29) is 19.6 Å². The number of aromatic nitrogens is 2. The number of likely N-dealkylation sites (tertiary alicyclic amines) is 1. The standard InChI is InChI=1S/C13H21F3N4O2S/c1-9-5-17-19(4)11(9)7-20-6-10(13(14,15)16)12(8-20)23(21,22)18(2)3/h5,10,12H,6-8H2,1-4H3/t10-,12-/m1/s1. The third kappa shape index (κ3) is 3.53. The summed E-state index contributed by atoms with van der Waals surface area (Å²) in [5.74, 6) is -1.89. The van der Waals surface area contributed by atoms with Gasteiger partial charge in [-0.2, -0.15) is 18.3 Å². The molecule has 0 amide bonds. The summed E-state index contributed by atoms with van der Waals surface area (Å²) in [5, 5.41) is 2.58. The third-order valence-electron chi connectivity index (χ3n) is 4.30. The second-order valence-corrected chi connectivity index (χ2v) is 8.47. The molecular formula is C13H21F3N4O2S. The Morgan fingerprint density at radius 2 is 1.96 bits per heavy atom. The molecule has 132 valence electrons. The van der Waals surface area contributed by atoms with Crippen LogP contribution in [0.15, 0.2) is 6.20 Å². The predicted molar refractivity (Wildman–Crippen MR) is 79.2 cm³/mol. The number of hydrogen-bond donors (Lipinski definition) is 0. The Morgan fingerprint density at radius 1 is 1.35 bits per heavy atom. The lowest BCUT2D eigenvalue weighted by atomic mass is 10.1. The Morgan fingerprint density at radius 3 is 2.39 bits per heavy atom. The molecule has 6 nitrogen and oxygen atoms in total. The Kier molecular flexibility index (Phi) is 4.80. The van der Waals surface area contributed by atoms with E-state index in [1.54, 1.807) is 17.9 Å². The van der Waals surface area contributed by atoms with Crippen LogP contribution < -0.4 is 0 Å². The Bertz CT molecular complexity index is 650. The van der Waals surface area contributed by atoms with Gasteiger partial charge >= 0.3 is 6.18 Å². The molecule has 1 aromatic heterocycles. The van der Waals surface area contributed by atoms with Gasteiger partial charge in [0, 0.05) is 40.8 Å². The number of hydrogen-bond acceptors (Lipinski definition) is 4. The second kappa shape index (κ2) is 6.06. The molecule has 1 saturated heterocycles. The smallest absolute Gasteiger partial charge is 0.295 e. The molecular weight excluding hydrogens is 333 g/mol. The minimum absolute atomic E-state index is 0.144. The van der Waals surface area contributed by atoms with Crippen molar-refractivity contribution in [2.24, 2.45) is 13.0 Å². The second-order valence-electron chi connectivity index (χ2n) is 6.11. The van der Waals surface area contributed by atoms with Gasteiger partial charge in [0.15, 0.2) is 0 Å². The van der Waals surface area contributed by atoms with Crippen LogP contribution in [0.2, 0.25) is 0 Å². The van der Waals surface area contributed by atoms with Crippen molar-refractivity contribution in [2.45, 2.75) is 24.9 Å². The molecule has 0 radical (unpaired) electrons. The number of aryl methyl sites for hydroxylation is 2. The van der Waals surface area contributed by atoms with Crippen molar-refractivity contribution in [3.8, 4) is 0 Å². The maximum absolute atomic E-state index is 13.3. The van der Waals surface area contributed by atoms with Gasteiger partial charge in [0.1, 0.15) is 5.25 Å². The summed E-state index contributed by atoms with van der Waals surface area (Å²) in [7, 11) is 0.245. The quantitative estimate of drug-likeness (QED) is 0.809. The van der Waals surface area contributed by atoms with E-state index in [1.165, 1.54) is 19.0 Å².